The molecule has 0 atom stereocenters. The van der Waals surface area contributed by atoms with Crippen molar-refractivity contribution in [3.63, 3.8) is 0 Å². The number of carbonyl (C=O) groups is 1. The van der Waals surface area contributed by atoms with Gasteiger partial charge in [0.2, 0.25) is 0 Å². The minimum absolute atomic E-state index is 0.861. The van der Waals surface area contributed by atoms with Crippen molar-refractivity contribution in [3.05, 3.63) is 12.3 Å². The molecular weight excluding hydrogens is 158 g/mol. The van der Waals surface area contributed by atoms with Crippen LogP contribution >= 0.6 is 0 Å². The molecule has 0 radical (unpaired) electrons. The van der Waals surface area contributed by atoms with Gasteiger partial charge in [0, 0.05) is 0 Å². The Bertz CT molecular complexity index is 240. The number of hydrogen-bond donors (Lipinski definition) is 1. The Morgan fingerprint density at radius 1 is 1.60 bits per heavy atom. The highest BCUT2D eigenvalue weighted by molar-refractivity contribution is 8.01. The largest absolute Gasteiger partial charge is 0.393 e. The lowest BCUT2D eigenvalue weighted by Crippen LogP contribution is -2.22. The first kappa shape index (κ1) is 8.96. The molecule has 0 rings (SSSR count). The van der Waals surface area contributed by atoms with E-state index in [-0.39, 0.29) is 0 Å². The van der Waals surface area contributed by atoms with Gasteiger partial charge >= 0.3 is 15.4 Å². The van der Waals surface area contributed by atoms with Crippen molar-refractivity contribution in [2.24, 2.45) is 5.73 Å². The number of rotatable bonds is 2. The standard InChI is InChI=1S/C4H7NO4S/c1-2-3-9-10(7,8)4(5)6/h2-3H,1H3,(H2,5,6). The van der Waals surface area contributed by atoms with Gasteiger partial charge in [-0.3, -0.25) is 4.79 Å². The average Bonchev–Trinajstić information content (AvgIpc) is 1.84. The fraction of sp³-hybridized carbons (Fsp3) is 0.250. The first-order valence-electron chi connectivity index (χ1n) is 2.34. The van der Waals surface area contributed by atoms with Crippen molar-refractivity contribution >= 4 is 15.4 Å². The van der Waals surface area contributed by atoms with E-state index in [1.54, 1.807) is 0 Å². The predicted molar refractivity (Wildman–Crippen MR) is 34.4 cm³/mol. The van der Waals surface area contributed by atoms with Crippen molar-refractivity contribution in [1.82, 2.24) is 0 Å². The summed E-state index contributed by atoms with van der Waals surface area (Å²) in [6.45, 7) is 1.54. The fourth-order valence-corrected chi connectivity index (χ4v) is 0.528. The highest BCUT2D eigenvalue weighted by Gasteiger charge is 2.17. The van der Waals surface area contributed by atoms with Crippen LogP contribution in [-0.4, -0.2) is 13.7 Å². The van der Waals surface area contributed by atoms with Crippen LogP contribution in [0, 0.1) is 0 Å². The number of nitrogens with two attached hydrogens (primary N) is 1. The number of amides is 1. The van der Waals surface area contributed by atoms with Gasteiger partial charge in [-0.25, -0.2) is 0 Å². The van der Waals surface area contributed by atoms with Crippen LogP contribution in [0.25, 0.3) is 0 Å². The minimum atomic E-state index is -4.21. The molecule has 0 aliphatic carbocycles. The van der Waals surface area contributed by atoms with Crippen molar-refractivity contribution in [1.29, 1.82) is 0 Å². The van der Waals surface area contributed by atoms with Gasteiger partial charge < -0.3 is 9.92 Å². The smallest absolute Gasteiger partial charge is 0.384 e. The number of allylic oxidation sites excluding steroid dienone is 1. The van der Waals surface area contributed by atoms with Crippen LogP contribution in [0.15, 0.2) is 12.3 Å². The molecule has 0 aromatic carbocycles. The van der Waals surface area contributed by atoms with Gasteiger partial charge in [0.15, 0.2) is 0 Å². The van der Waals surface area contributed by atoms with Crippen LogP contribution in [0.4, 0.5) is 4.79 Å². The summed E-state index contributed by atoms with van der Waals surface area (Å²) in [4.78, 5) is 10.0. The Kier molecular flexibility index (Phi) is 2.88. The summed E-state index contributed by atoms with van der Waals surface area (Å²) in [7, 11) is -4.21. The summed E-state index contributed by atoms with van der Waals surface area (Å²) < 4.78 is 24.6. The molecule has 5 nitrogen and oxygen atoms in total. The molecule has 0 aromatic heterocycles. The molecule has 0 spiro atoms. The molecule has 0 aliphatic heterocycles. The molecule has 10 heavy (non-hydrogen) atoms. The van der Waals surface area contributed by atoms with Crippen molar-refractivity contribution in [2.75, 3.05) is 0 Å². The first-order valence-corrected chi connectivity index (χ1v) is 3.75. The second-order valence-electron chi connectivity index (χ2n) is 1.34. The van der Waals surface area contributed by atoms with Gasteiger partial charge in [-0.2, -0.15) is 8.42 Å². The van der Waals surface area contributed by atoms with Gasteiger partial charge in [-0.15, -0.1) is 0 Å². The molecule has 0 heterocycles. The van der Waals surface area contributed by atoms with Gasteiger partial charge in [0.25, 0.3) is 0 Å². The molecule has 0 saturated carbocycles. The normalized spacial score (nSPS) is 11.7. The number of carbonyl (C=O) groups excluding carboxylic acids is 1. The molecule has 0 fully saturated rings. The predicted octanol–water partition coefficient (Wildman–Crippen LogP) is -0.0549. The Hall–Kier alpha value is -1.04. The molecule has 6 heteroatoms. The molecule has 0 bridgehead atoms. The Balaban J connectivity index is 4.31. The maximum absolute atomic E-state index is 10.3. The first-order chi connectivity index (χ1) is 4.50. The van der Waals surface area contributed by atoms with E-state index in [0.29, 0.717) is 0 Å². The summed E-state index contributed by atoms with van der Waals surface area (Å²) in [5.74, 6) is 0. The van der Waals surface area contributed by atoms with E-state index in [1.165, 1.54) is 13.0 Å². The lowest BCUT2D eigenvalue weighted by atomic mass is 10.8. The maximum atomic E-state index is 10.3. The van der Waals surface area contributed by atoms with Gasteiger partial charge in [0.1, 0.15) is 6.26 Å². The monoisotopic (exact) mass is 165 g/mol. The third-order valence-corrected chi connectivity index (χ3v) is 1.42. The Morgan fingerprint density at radius 2 is 2.10 bits per heavy atom. The van der Waals surface area contributed by atoms with Crippen LogP contribution in [0.1, 0.15) is 6.92 Å². The van der Waals surface area contributed by atoms with Crippen molar-refractivity contribution in [2.45, 2.75) is 6.92 Å². The Labute approximate surface area is 58.6 Å². The van der Waals surface area contributed by atoms with Gasteiger partial charge in [-0.05, 0) is 6.92 Å². The minimum Gasteiger partial charge on any atom is -0.384 e. The van der Waals surface area contributed by atoms with Crippen LogP contribution < -0.4 is 5.73 Å². The fourth-order valence-electron chi connectivity index (χ4n) is 0.176. The summed E-state index contributed by atoms with van der Waals surface area (Å²) in [6, 6.07) is 0. The zero-order valence-corrected chi connectivity index (χ0v) is 6.09. The summed E-state index contributed by atoms with van der Waals surface area (Å²) in [6.07, 6.45) is 2.18. The van der Waals surface area contributed by atoms with Crippen molar-refractivity contribution < 1.29 is 17.4 Å². The number of hydrogen-bond acceptors (Lipinski definition) is 4. The summed E-state index contributed by atoms with van der Waals surface area (Å²) in [5, 5.41) is -1.49. The highest BCUT2D eigenvalue weighted by atomic mass is 32.2. The maximum Gasteiger partial charge on any atom is 0.393 e. The molecule has 58 valence electrons. The molecular formula is C4H7NO4S. The second kappa shape index (κ2) is 3.21. The zero-order valence-electron chi connectivity index (χ0n) is 5.27. The molecule has 0 aromatic rings. The van der Waals surface area contributed by atoms with E-state index in [1.807, 2.05) is 0 Å². The van der Waals surface area contributed by atoms with E-state index < -0.39 is 15.4 Å². The molecule has 0 saturated heterocycles. The van der Waals surface area contributed by atoms with E-state index in [2.05, 4.69) is 9.92 Å². The zero-order chi connectivity index (χ0) is 8.20. The van der Waals surface area contributed by atoms with E-state index >= 15 is 0 Å². The third-order valence-electron chi connectivity index (χ3n) is 0.565. The molecule has 1 amide bonds. The van der Waals surface area contributed by atoms with Crippen LogP contribution in [-0.2, 0) is 14.3 Å². The quantitative estimate of drug-likeness (QED) is 0.459. The molecule has 2 N–H and O–H groups in total. The average molecular weight is 165 g/mol. The van der Waals surface area contributed by atoms with Gasteiger partial charge in [0.05, 0.1) is 0 Å². The third kappa shape index (κ3) is 2.49. The van der Waals surface area contributed by atoms with Crippen LogP contribution in [0.5, 0.6) is 0 Å². The lowest BCUT2D eigenvalue weighted by Gasteiger charge is -1.94. The van der Waals surface area contributed by atoms with Gasteiger partial charge in [-0.1, -0.05) is 6.08 Å². The number of primary amides is 1. The second-order valence-corrected chi connectivity index (χ2v) is 2.84. The van der Waals surface area contributed by atoms with E-state index in [9.17, 15) is 13.2 Å². The molecule has 0 unspecified atom stereocenters. The lowest BCUT2D eigenvalue weighted by molar-refractivity contribution is 0.262. The van der Waals surface area contributed by atoms with Crippen LogP contribution in [0.2, 0.25) is 0 Å². The Morgan fingerprint density at radius 3 is 2.40 bits per heavy atom. The topological polar surface area (TPSA) is 86.5 Å². The SMILES string of the molecule is CC=COS(=O)(=O)C(N)=O. The van der Waals surface area contributed by atoms with Crippen molar-refractivity contribution in [3.8, 4) is 0 Å². The highest BCUT2D eigenvalue weighted by Crippen LogP contribution is 1.92. The van der Waals surface area contributed by atoms with E-state index in [4.69, 9.17) is 0 Å². The van der Waals surface area contributed by atoms with Crippen LogP contribution in [0.3, 0.4) is 0 Å². The summed E-state index contributed by atoms with van der Waals surface area (Å²) >= 11 is 0. The van der Waals surface area contributed by atoms with E-state index in [0.717, 1.165) is 6.26 Å². The summed E-state index contributed by atoms with van der Waals surface area (Å²) in [5.41, 5.74) is 4.43. The molecule has 0 aliphatic rings.